The molecule has 0 bridgehead atoms. The Morgan fingerprint density at radius 1 is 1.35 bits per heavy atom. The summed E-state index contributed by atoms with van der Waals surface area (Å²) in [7, 11) is 1.64. The molecule has 20 heavy (non-hydrogen) atoms. The molecule has 1 aromatic rings. The van der Waals surface area contributed by atoms with Gasteiger partial charge >= 0.3 is 0 Å². The van der Waals surface area contributed by atoms with Crippen molar-refractivity contribution in [2.75, 3.05) is 7.11 Å². The Labute approximate surface area is 120 Å². The van der Waals surface area contributed by atoms with Crippen molar-refractivity contribution in [3.05, 3.63) is 54.1 Å². The highest BCUT2D eigenvalue weighted by molar-refractivity contribution is 5.72. The van der Waals surface area contributed by atoms with Crippen LogP contribution in [0.25, 0.3) is 0 Å². The average molecular weight is 274 g/mol. The first kappa shape index (κ1) is 16.2. The van der Waals surface area contributed by atoms with Crippen LogP contribution in [0.1, 0.15) is 19.4 Å². The smallest absolute Gasteiger partial charge is 0.145 e. The molecule has 0 radical (unpaired) electrons. The lowest BCUT2D eigenvalue weighted by Crippen LogP contribution is -2.18. The Kier molecular flexibility index (Phi) is 6.74. The molecule has 2 atom stereocenters. The van der Waals surface area contributed by atoms with Crippen molar-refractivity contribution in [1.82, 2.24) is 0 Å². The third-order valence-electron chi connectivity index (χ3n) is 3.06. The van der Waals surface area contributed by atoms with Crippen molar-refractivity contribution < 1.29 is 14.3 Å². The Bertz CT molecular complexity index is 460. The van der Waals surface area contributed by atoms with Crippen LogP contribution in [0.15, 0.2) is 48.6 Å². The van der Waals surface area contributed by atoms with Gasteiger partial charge in [0.1, 0.15) is 12.0 Å². The summed E-state index contributed by atoms with van der Waals surface area (Å²) in [5.74, 6) is 0.933. The molecule has 1 rings (SSSR count). The molecular formula is C17H22O3. The summed E-state index contributed by atoms with van der Waals surface area (Å²) in [6, 6.07) is 7.75. The summed E-state index contributed by atoms with van der Waals surface area (Å²) < 4.78 is 11.0. The quantitative estimate of drug-likeness (QED) is 0.413. The van der Waals surface area contributed by atoms with Crippen LogP contribution in [0.5, 0.6) is 5.75 Å². The number of methoxy groups -OCH3 is 1. The molecule has 0 aromatic heterocycles. The highest BCUT2D eigenvalue weighted by Gasteiger charge is 2.12. The lowest BCUT2D eigenvalue weighted by molar-refractivity contribution is -0.104. The zero-order valence-electron chi connectivity index (χ0n) is 12.3. The predicted octanol–water partition coefficient (Wildman–Crippen LogP) is 3.55. The third-order valence-corrected chi connectivity index (χ3v) is 3.06. The molecule has 3 nitrogen and oxygen atoms in total. The molecule has 0 aliphatic carbocycles. The molecule has 0 heterocycles. The van der Waals surface area contributed by atoms with Gasteiger partial charge in [-0.25, -0.2) is 0 Å². The van der Waals surface area contributed by atoms with E-state index in [1.165, 1.54) is 0 Å². The fraction of sp³-hybridized carbons (Fsp3) is 0.353. The van der Waals surface area contributed by atoms with Gasteiger partial charge in [-0.3, -0.25) is 4.79 Å². The van der Waals surface area contributed by atoms with Gasteiger partial charge in [-0.1, -0.05) is 31.2 Å². The fourth-order valence-electron chi connectivity index (χ4n) is 1.90. The van der Waals surface area contributed by atoms with Gasteiger partial charge < -0.3 is 9.47 Å². The van der Waals surface area contributed by atoms with Gasteiger partial charge in [0.15, 0.2) is 0 Å². The Hall–Kier alpha value is -1.87. The van der Waals surface area contributed by atoms with Gasteiger partial charge in [0.25, 0.3) is 0 Å². The van der Waals surface area contributed by atoms with Crippen LogP contribution < -0.4 is 4.74 Å². The SMILES string of the molecule is C=C[C@H](OCc1ccc(OC)cc1)[C@@H](C)/C=C(\C)C=O. The molecule has 0 aliphatic rings. The Morgan fingerprint density at radius 3 is 2.50 bits per heavy atom. The maximum absolute atomic E-state index is 10.6. The predicted molar refractivity (Wildman–Crippen MR) is 80.8 cm³/mol. The number of carbonyl (C=O) groups excluding carboxylic acids is 1. The van der Waals surface area contributed by atoms with Crippen molar-refractivity contribution in [2.45, 2.75) is 26.6 Å². The largest absolute Gasteiger partial charge is 0.497 e. The van der Waals surface area contributed by atoms with Crippen molar-refractivity contribution >= 4 is 6.29 Å². The zero-order chi connectivity index (χ0) is 15.0. The summed E-state index contributed by atoms with van der Waals surface area (Å²) >= 11 is 0. The van der Waals surface area contributed by atoms with Crippen LogP contribution >= 0.6 is 0 Å². The second-order valence-corrected chi connectivity index (χ2v) is 4.75. The van der Waals surface area contributed by atoms with E-state index in [0.717, 1.165) is 17.6 Å². The number of hydrogen-bond donors (Lipinski definition) is 0. The minimum atomic E-state index is -0.119. The fourth-order valence-corrected chi connectivity index (χ4v) is 1.90. The van der Waals surface area contributed by atoms with Crippen LogP contribution in [0.3, 0.4) is 0 Å². The first-order valence-electron chi connectivity index (χ1n) is 6.61. The maximum atomic E-state index is 10.6. The van der Waals surface area contributed by atoms with Crippen LogP contribution in [0, 0.1) is 5.92 Å². The number of rotatable bonds is 8. The van der Waals surface area contributed by atoms with Crippen LogP contribution in [-0.4, -0.2) is 19.5 Å². The topological polar surface area (TPSA) is 35.5 Å². The Morgan fingerprint density at radius 2 is 2.00 bits per heavy atom. The molecule has 0 saturated heterocycles. The first-order chi connectivity index (χ1) is 9.60. The molecule has 0 unspecified atom stereocenters. The van der Waals surface area contributed by atoms with Gasteiger partial charge in [-0.15, -0.1) is 6.58 Å². The molecule has 0 fully saturated rings. The van der Waals surface area contributed by atoms with E-state index in [1.54, 1.807) is 20.1 Å². The van der Waals surface area contributed by atoms with Crippen LogP contribution in [0.2, 0.25) is 0 Å². The molecule has 1 aromatic carbocycles. The van der Waals surface area contributed by atoms with Crippen molar-refractivity contribution in [1.29, 1.82) is 0 Å². The zero-order valence-corrected chi connectivity index (χ0v) is 12.3. The van der Waals surface area contributed by atoms with Crippen molar-refractivity contribution in [2.24, 2.45) is 5.92 Å². The number of carbonyl (C=O) groups is 1. The summed E-state index contributed by atoms with van der Waals surface area (Å²) in [5, 5.41) is 0. The van der Waals surface area contributed by atoms with Crippen molar-refractivity contribution in [3.63, 3.8) is 0 Å². The maximum Gasteiger partial charge on any atom is 0.145 e. The van der Waals surface area contributed by atoms with Crippen LogP contribution in [0.4, 0.5) is 0 Å². The second-order valence-electron chi connectivity index (χ2n) is 4.75. The van der Waals surface area contributed by atoms with E-state index in [1.807, 2.05) is 37.3 Å². The van der Waals surface area contributed by atoms with Crippen LogP contribution in [-0.2, 0) is 16.1 Å². The monoisotopic (exact) mass is 274 g/mol. The summed E-state index contributed by atoms with van der Waals surface area (Å²) in [4.78, 5) is 10.6. The average Bonchev–Trinajstić information content (AvgIpc) is 2.48. The van der Waals surface area contributed by atoms with Gasteiger partial charge in [0.05, 0.1) is 19.8 Å². The minimum absolute atomic E-state index is 0.107. The molecular weight excluding hydrogens is 252 g/mol. The lowest BCUT2D eigenvalue weighted by Gasteiger charge is -2.19. The summed E-state index contributed by atoms with van der Waals surface area (Å²) in [6.07, 6.45) is 4.39. The molecule has 0 N–H and O–H groups in total. The molecule has 0 saturated carbocycles. The molecule has 108 valence electrons. The minimum Gasteiger partial charge on any atom is -0.497 e. The van der Waals surface area contributed by atoms with E-state index in [0.29, 0.717) is 12.2 Å². The number of ether oxygens (including phenoxy) is 2. The summed E-state index contributed by atoms with van der Waals surface area (Å²) in [5.41, 5.74) is 1.78. The van der Waals surface area contributed by atoms with Gasteiger partial charge in [0.2, 0.25) is 0 Å². The number of benzene rings is 1. The molecule has 0 aliphatic heterocycles. The first-order valence-corrected chi connectivity index (χ1v) is 6.61. The number of aldehydes is 1. The van der Waals surface area contributed by atoms with E-state index in [-0.39, 0.29) is 12.0 Å². The number of hydrogen-bond acceptors (Lipinski definition) is 3. The summed E-state index contributed by atoms with van der Waals surface area (Å²) in [6.45, 7) is 8.08. The van der Waals surface area contributed by atoms with E-state index >= 15 is 0 Å². The molecule has 0 amide bonds. The highest BCUT2D eigenvalue weighted by atomic mass is 16.5. The molecule has 3 heteroatoms. The highest BCUT2D eigenvalue weighted by Crippen LogP contribution is 2.16. The second kappa shape index (κ2) is 8.33. The third kappa shape index (κ3) is 5.02. The standard InChI is InChI=1S/C17H22O3/c1-5-17(14(3)10-13(2)11-18)20-12-15-6-8-16(19-4)9-7-15/h5-11,14,17H,1,12H2,2-4H3/b13-10+/t14-,17-/m0/s1. The van der Waals surface area contributed by atoms with E-state index in [9.17, 15) is 4.79 Å². The lowest BCUT2D eigenvalue weighted by atomic mass is 10.0. The van der Waals surface area contributed by atoms with Gasteiger partial charge in [-0.2, -0.15) is 0 Å². The molecule has 0 spiro atoms. The van der Waals surface area contributed by atoms with Gasteiger partial charge in [-0.05, 0) is 30.2 Å². The van der Waals surface area contributed by atoms with E-state index < -0.39 is 0 Å². The van der Waals surface area contributed by atoms with E-state index in [4.69, 9.17) is 9.47 Å². The van der Waals surface area contributed by atoms with E-state index in [2.05, 4.69) is 6.58 Å². The Balaban J connectivity index is 2.60. The number of allylic oxidation sites excluding steroid dienone is 1. The van der Waals surface area contributed by atoms with Crippen molar-refractivity contribution in [3.8, 4) is 5.75 Å². The van der Waals surface area contributed by atoms with Gasteiger partial charge in [0, 0.05) is 5.92 Å². The normalized spacial score (nSPS) is 14.4.